The molecule has 2 aromatic heterocycles. The molecule has 2 nitrogen and oxygen atoms in total. The van der Waals surface area contributed by atoms with E-state index in [1.165, 1.54) is 24.5 Å². The number of halogens is 5. The summed E-state index contributed by atoms with van der Waals surface area (Å²) in [5.41, 5.74) is 1.41. The first-order valence-electron chi connectivity index (χ1n) is 7.71. The summed E-state index contributed by atoms with van der Waals surface area (Å²) in [7, 11) is 0. The van der Waals surface area contributed by atoms with Crippen molar-refractivity contribution in [3.8, 4) is 11.1 Å². The van der Waals surface area contributed by atoms with Gasteiger partial charge in [0, 0.05) is 29.2 Å². The Kier molecular flexibility index (Phi) is 3.68. The van der Waals surface area contributed by atoms with Gasteiger partial charge in [-0.05, 0) is 35.4 Å². The van der Waals surface area contributed by atoms with Crippen LogP contribution in [0.5, 0.6) is 0 Å². The highest BCUT2D eigenvalue weighted by atomic mass is 19.4. The van der Waals surface area contributed by atoms with E-state index in [4.69, 9.17) is 0 Å². The SMILES string of the molecule is Fc1cc(F)cc(-c2ccc3c4cnccc4n(CC(F)(F)F)c3c2)c1. The third kappa shape index (κ3) is 2.89. The van der Waals surface area contributed by atoms with Crippen LogP contribution in [0.4, 0.5) is 22.0 Å². The molecule has 0 saturated heterocycles. The topological polar surface area (TPSA) is 17.8 Å². The van der Waals surface area contributed by atoms with E-state index >= 15 is 0 Å². The van der Waals surface area contributed by atoms with Crippen LogP contribution in [0, 0.1) is 11.6 Å². The van der Waals surface area contributed by atoms with Gasteiger partial charge in [0.2, 0.25) is 0 Å². The molecule has 7 heteroatoms. The van der Waals surface area contributed by atoms with E-state index in [1.54, 1.807) is 12.1 Å². The van der Waals surface area contributed by atoms with Crippen molar-refractivity contribution in [1.29, 1.82) is 0 Å². The number of nitrogens with zero attached hydrogens (tertiary/aromatic N) is 2. The summed E-state index contributed by atoms with van der Waals surface area (Å²) in [6.45, 7) is -1.17. The fraction of sp³-hybridized carbons (Fsp3) is 0.105. The van der Waals surface area contributed by atoms with Gasteiger partial charge in [0.1, 0.15) is 18.2 Å². The maximum Gasteiger partial charge on any atom is 0.406 e. The fourth-order valence-electron chi connectivity index (χ4n) is 3.19. The largest absolute Gasteiger partial charge is 0.406 e. The quantitative estimate of drug-likeness (QED) is 0.419. The van der Waals surface area contributed by atoms with Crippen molar-refractivity contribution in [2.24, 2.45) is 0 Å². The summed E-state index contributed by atoms with van der Waals surface area (Å²) in [5, 5.41) is 1.18. The molecule has 2 aromatic carbocycles. The number of pyridine rings is 1. The van der Waals surface area contributed by atoms with Gasteiger partial charge in [-0.3, -0.25) is 4.98 Å². The third-order valence-electron chi connectivity index (χ3n) is 4.20. The number of fused-ring (bicyclic) bond motifs is 3. The Morgan fingerprint density at radius 1 is 0.808 bits per heavy atom. The van der Waals surface area contributed by atoms with Crippen molar-refractivity contribution >= 4 is 21.8 Å². The summed E-state index contributed by atoms with van der Waals surface area (Å²) in [5.74, 6) is -1.50. The molecule has 0 aliphatic heterocycles. The number of rotatable bonds is 2. The molecule has 132 valence electrons. The van der Waals surface area contributed by atoms with Crippen molar-refractivity contribution in [2.45, 2.75) is 12.7 Å². The highest BCUT2D eigenvalue weighted by Gasteiger charge is 2.29. The first-order chi connectivity index (χ1) is 12.3. The lowest BCUT2D eigenvalue weighted by Gasteiger charge is -2.11. The monoisotopic (exact) mass is 362 g/mol. The molecule has 0 unspecified atom stereocenters. The second-order valence-electron chi connectivity index (χ2n) is 5.98. The van der Waals surface area contributed by atoms with Crippen molar-refractivity contribution in [3.63, 3.8) is 0 Å². The first-order valence-corrected chi connectivity index (χ1v) is 7.71. The van der Waals surface area contributed by atoms with Crippen LogP contribution in [0.1, 0.15) is 0 Å². The molecule has 0 aliphatic carbocycles. The highest BCUT2D eigenvalue weighted by molar-refractivity contribution is 6.08. The number of hydrogen-bond donors (Lipinski definition) is 0. The van der Waals surface area contributed by atoms with Gasteiger partial charge in [-0.15, -0.1) is 0 Å². The summed E-state index contributed by atoms with van der Waals surface area (Å²) in [4.78, 5) is 3.98. The van der Waals surface area contributed by atoms with Gasteiger partial charge < -0.3 is 4.57 Å². The van der Waals surface area contributed by atoms with Gasteiger partial charge >= 0.3 is 6.18 Å². The van der Waals surface area contributed by atoms with E-state index in [2.05, 4.69) is 4.98 Å². The average molecular weight is 362 g/mol. The Bertz CT molecular complexity index is 1110. The van der Waals surface area contributed by atoms with E-state index in [-0.39, 0.29) is 5.56 Å². The molecule has 0 aliphatic rings. The fourth-order valence-corrected chi connectivity index (χ4v) is 3.19. The summed E-state index contributed by atoms with van der Waals surface area (Å²) in [6, 6.07) is 9.32. The minimum Gasteiger partial charge on any atom is -0.331 e. The summed E-state index contributed by atoms with van der Waals surface area (Å²) in [6.07, 6.45) is -1.48. The molecule has 4 rings (SSSR count). The van der Waals surface area contributed by atoms with Gasteiger partial charge in [-0.1, -0.05) is 12.1 Å². The van der Waals surface area contributed by atoms with Crippen LogP contribution < -0.4 is 0 Å². The molecule has 0 bridgehead atoms. The smallest absolute Gasteiger partial charge is 0.331 e. The second-order valence-corrected chi connectivity index (χ2v) is 5.98. The molecule has 0 spiro atoms. The second kappa shape index (κ2) is 5.79. The predicted molar refractivity (Wildman–Crippen MR) is 88.6 cm³/mol. The van der Waals surface area contributed by atoms with Crippen molar-refractivity contribution in [2.75, 3.05) is 0 Å². The molecular formula is C19H11F5N2. The minimum absolute atomic E-state index is 0.256. The molecule has 0 amide bonds. The lowest BCUT2D eigenvalue weighted by atomic mass is 10.0. The Balaban J connectivity index is 2.00. The molecule has 0 radical (unpaired) electrons. The summed E-state index contributed by atoms with van der Waals surface area (Å²) < 4.78 is 67.3. The number of benzene rings is 2. The number of hydrogen-bond acceptors (Lipinski definition) is 1. The number of alkyl halides is 3. The van der Waals surface area contributed by atoms with Gasteiger partial charge in [0.15, 0.2) is 0 Å². The van der Waals surface area contributed by atoms with Crippen molar-refractivity contribution in [3.05, 3.63) is 66.5 Å². The van der Waals surface area contributed by atoms with Crippen LogP contribution in [0.25, 0.3) is 32.9 Å². The van der Waals surface area contributed by atoms with E-state index in [0.29, 0.717) is 27.4 Å². The zero-order valence-electron chi connectivity index (χ0n) is 13.2. The molecule has 0 saturated carbocycles. The van der Waals surface area contributed by atoms with E-state index in [0.717, 1.165) is 22.8 Å². The van der Waals surface area contributed by atoms with Crippen molar-refractivity contribution < 1.29 is 22.0 Å². The highest BCUT2D eigenvalue weighted by Crippen LogP contribution is 2.34. The lowest BCUT2D eigenvalue weighted by molar-refractivity contribution is -0.139. The molecule has 0 N–H and O–H groups in total. The molecule has 4 aromatic rings. The maximum atomic E-state index is 13.5. The number of aromatic nitrogens is 2. The normalized spacial score (nSPS) is 12.2. The summed E-state index contributed by atoms with van der Waals surface area (Å²) >= 11 is 0. The zero-order valence-corrected chi connectivity index (χ0v) is 13.2. The van der Waals surface area contributed by atoms with Gasteiger partial charge in [-0.25, -0.2) is 8.78 Å². The van der Waals surface area contributed by atoms with Crippen LogP contribution in [0.3, 0.4) is 0 Å². The van der Waals surface area contributed by atoms with Crippen LogP contribution >= 0.6 is 0 Å². The third-order valence-corrected chi connectivity index (χ3v) is 4.20. The van der Waals surface area contributed by atoms with E-state index < -0.39 is 24.4 Å². The Hall–Kier alpha value is -2.96. The van der Waals surface area contributed by atoms with Crippen LogP contribution in [0.15, 0.2) is 54.9 Å². The Morgan fingerprint density at radius 3 is 2.23 bits per heavy atom. The van der Waals surface area contributed by atoms with Crippen LogP contribution in [-0.2, 0) is 6.54 Å². The average Bonchev–Trinajstić information content (AvgIpc) is 2.86. The van der Waals surface area contributed by atoms with E-state index in [9.17, 15) is 22.0 Å². The van der Waals surface area contributed by atoms with Crippen LogP contribution in [-0.4, -0.2) is 15.7 Å². The molecular weight excluding hydrogens is 351 g/mol. The molecule has 0 atom stereocenters. The van der Waals surface area contributed by atoms with Crippen LogP contribution in [0.2, 0.25) is 0 Å². The van der Waals surface area contributed by atoms with Gasteiger partial charge in [0.25, 0.3) is 0 Å². The van der Waals surface area contributed by atoms with Crippen molar-refractivity contribution in [1.82, 2.24) is 9.55 Å². The zero-order chi connectivity index (χ0) is 18.5. The lowest BCUT2D eigenvalue weighted by Crippen LogP contribution is -2.17. The Morgan fingerprint density at radius 2 is 1.54 bits per heavy atom. The Labute approximate surface area is 144 Å². The standard InChI is InChI=1S/C19H11F5N2/c20-13-5-12(6-14(21)8-13)11-1-2-15-16-9-25-4-3-17(16)26(18(15)7-11)10-19(22,23)24/h1-9H,10H2. The van der Waals surface area contributed by atoms with Gasteiger partial charge in [-0.2, -0.15) is 13.2 Å². The molecule has 0 fully saturated rings. The maximum absolute atomic E-state index is 13.5. The van der Waals surface area contributed by atoms with Gasteiger partial charge in [0.05, 0.1) is 11.0 Å². The minimum atomic E-state index is -4.41. The molecule has 2 heterocycles. The van der Waals surface area contributed by atoms with E-state index in [1.807, 2.05) is 0 Å². The first kappa shape index (κ1) is 16.5. The molecule has 26 heavy (non-hydrogen) atoms. The predicted octanol–water partition coefficient (Wildman–Crippen LogP) is 5.70.